The van der Waals surface area contributed by atoms with Crippen molar-refractivity contribution >= 4 is 33.2 Å². The Morgan fingerprint density at radius 3 is 2.50 bits per heavy atom. The summed E-state index contributed by atoms with van der Waals surface area (Å²) in [5.41, 5.74) is 2.25. The van der Waals surface area contributed by atoms with E-state index in [1.165, 1.54) is 11.9 Å². The fourth-order valence-electron chi connectivity index (χ4n) is 4.04. The Kier molecular flexibility index (Phi) is 6.76. The number of anilines is 1. The molecular weight excluding hydrogens is 437 g/mol. The number of nitrogens with one attached hydrogen (secondary N) is 1. The van der Waals surface area contributed by atoms with E-state index in [-0.39, 0.29) is 16.7 Å². The van der Waals surface area contributed by atoms with Crippen molar-refractivity contribution in [3.05, 3.63) is 52.7 Å². The third-order valence-electron chi connectivity index (χ3n) is 5.57. The van der Waals surface area contributed by atoms with Crippen LogP contribution in [0, 0.1) is 0 Å². The molecule has 1 saturated heterocycles. The molecule has 0 amide bonds. The summed E-state index contributed by atoms with van der Waals surface area (Å²) in [5, 5.41) is 4.08. The highest BCUT2D eigenvalue weighted by Crippen LogP contribution is 2.33. The summed E-state index contributed by atoms with van der Waals surface area (Å²) in [6.07, 6.45) is -1.45. The Morgan fingerprint density at radius 2 is 1.84 bits per heavy atom. The van der Waals surface area contributed by atoms with E-state index in [2.05, 4.69) is 32.3 Å². The number of fused-ring (bicyclic) bond motifs is 1. The minimum atomic E-state index is -4.23. The Bertz CT molecular complexity index is 1070. The molecule has 32 heavy (non-hydrogen) atoms. The lowest BCUT2D eigenvalue weighted by atomic mass is 10.0. The second-order valence-electron chi connectivity index (χ2n) is 8.34. The molecule has 1 aliphatic rings. The SMILES string of the molecule is CC(=O)Cc1ccc(CN2CCC(Nc3ncnc4sc(CC(F)(F)F)cc34)CC2)cc1. The van der Waals surface area contributed by atoms with Crippen molar-refractivity contribution in [1.29, 1.82) is 0 Å². The van der Waals surface area contributed by atoms with E-state index in [0.29, 0.717) is 22.5 Å². The molecule has 0 aliphatic carbocycles. The van der Waals surface area contributed by atoms with E-state index in [4.69, 9.17) is 0 Å². The number of benzene rings is 1. The molecule has 1 aliphatic heterocycles. The predicted octanol–water partition coefficient (Wildman–Crippen LogP) is 5.00. The van der Waals surface area contributed by atoms with Crippen molar-refractivity contribution in [1.82, 2.24) is 14.9 Å². The number of rotatable bonds is 7. The summed E-state index contributed by atoms with van der Waals surface area (Å²) in [6.45, 7) is 4.29. The first-order valence-corrected chi connectivity index (χ1v) is 11.4. The summed E-state index contributed by atoms with van der Waals surface area (Å²) in [5.74, 6) is 0.770. The van der Waals surface area contributed by atoms with E-state index < -0.39 is 12.6 Å². The van der Waals surface area contributed by atoms with Gasteiger partial charge in [0.2, 0.25) is 0 Å². The molecule has 170 valence electrons. The molecule has 1 fully saturated rings. The summed E-state index contributed by atoms with van der Waals surface area (Å²) >= 11 is 1.07. The van der Waals surface area contributed by atoms with E-state index >= 15 is 0 Å². The van der Waals surface area contributed by atoms with Crippen LogP contribution >= 0.6 is 11.3 Å². The van der Waals surface area contributed by atoms with Gasteiger partial charge in [0.15, 0.2) is 0 Å². The van der Waals surface area contributed by atoms with Gasteiger partial charge in [-0.3, -0.25) is 9.69 Å². The molecule has 0 bridgehead atoms. The number of hydrogen-bond acceptors (Lipinski definition) is 6. The monoisotopic (exact) mass is 462 g/mol. The molecule has 0 radical (unpaired) electrons. The molecule has 1 aromatic carbocycles. The zero-order chi connectivity index (χ0) is 22.7. The van der Waals surface area contributed by atoms with E-state index in [1.54, 1.807) is 13.0 Å². The Morgan fingerprint density at radius 1 is 1.16 bits per heavy atom. The quantitative estimate of drug-likeness (QED) is 0.535. The standard InChI is InChI=1S/C23H25F3N4OS/c1-15(31)10-16-2-4-17(5-3-16)13-30-8-6-18(7-9-30)29-21-20-11-19(12-23(24,25)26)32-22(20)28-14-27-21/h2-5,11,14,18H,6-10,12-13H2,1H3,(H,27,28,29). The van der Waals surface area contributed by atoms with Crippen LogP contribution in [0.1, 0.15) is 35.8 Å². The molecule has 3 heterocycles. The Hall–Kier alpha value is -2.52. The van der Waals surface area contributed by atoms with Crippen LogP contribution in [0.4, 0.5) is 19.0 Å². The molecule has 1 N–H and O–H groups in total. The second kappa shape index (κ2) is 9.54. The van der Waals surface area contributed by atoms with Crippen molar-refractivity contribution < 1.29 is 18.0 Å². The van der Waals surface area contributed by atoms with Crippen LogP contribution in [0.5, 0.6) is 0 Å². The average molecular weight is 463 g/mol. The molecule has 0 saturated carbocycles. The molecular formula is C23H25F3N4OS. The molecule has 2 aromatic heterocycles. The summed E-state index contributed by atoms with van der Waals surface area (Å²) in [4.78, 5) is 22.9. The van der Waals surface area contributed by atoms with Gasteiger partial charge in [-0.1, -0.05) is 24.3 Å². The smallest absolute Gasteiger partial charge is 0.367 e. The molecule has 5 nitrogen and oxygen atoms in total. The van der Waals surface area contributed by atoms with Gasteiger partial charge < -0.3 is 5.32 Å². The van der Waals surface area contributed by atoms with Gasteiger partial charge in [0.05, 0.1) is 11.8 Å². The van der Waals surface area contributed by atoms with Gasteiger partial charge in [0.25, 0.3) is 0 Å². The summed E-state index contributed by atoms with van der Waals surface area (Å²) in [7, 11) is 0. The fourth-order valence-corrected chi connectivity index (χ4v) is 5.07. The van der Waals surface area contributed by atoms with Gasteiger partial charge in [-0.2, -0.15) is 13.2 Å². The van der Waals surface area contributed by atoms with Gasteiger partial charge >= 0.3 is 6.18 Å². The predicted molar refractivity (Wildman–Crippen MR) is 120 cm³/mol. The average Bonchev–Trinajstić information content (AvgIpc) is 3.12. The lowest BCUT2D eigenvalue weighted by Crippen LogP contribution is -2.38. The maximum absolute atomic E-state index is 12.7. The maximum atomic E-state index is 12.7. The van der Waals surface area contributed by atoms with Crippen molar-refractivity contribution in [3.63, 3.8) is 0 Å². The zero-order valence-corrected chi connectivity index (χ0v) is 18.6. The summed E-state index contributed by atoms with van der Waals surface area (Å²) in [6, 6.07) is 9.96. The summed E-state index contributed by atoms with van der Waals surface area (Å²) < 4.78 is 38.2. The number of thiophene rings is 1. The number of alkyl halides is 3. The van der Waals surface area contributed by atoms with E-state index in [1.807, 2.05) is 12.1 Å². The largest absolute Gasteiger partial charge is 0.393 e. The normalized spacial score (nSPS) is 15.9. The van der Waals surface area contributed by atoms with Crippen LogP contribution in [0.2, 0.25) is 0 Å². The molecule has 3 aromatic rings. The van der Waals surface area contributed by atoms with Crippen molar-refractivity contribution in [2.75, 3.05) is 18.4 Å². The van der Waals surface area contributed by atoms with Gasteiger partial charge in [-0.25, -0.2) is 9.97 Å². The lowest BCUT2D eigenvalue weighted by molar-refractivity contribution is -0.126. The number of ketones is 1. The van der Waals surface area contributed by atoms with Crippen LogP contribution in [0.3, 0.4) is 0 Å². The van der Waals surface area contributed by atoms with Crippen LogP contribution in [-0.4, -0.2) is 46.0 Å². The highest BCUT2D eigenvalue weighted by molar-refractivity contribution is 7.18. The third-order valence-corrected chi connectivity index (χ3v) is 6.61. The Balaban J connectivity index is 1.33. The van der Waals surface area contributed by atoms with Crippen molar-refractivity contribution in [2.24, 2.45) is 0 Å². The number of carbonyl (C=O) groups is 1. The minimum Gasteiger partial charge on any atom is -0.367 e. The topological polar surface area (TPSA) is 58.1 Å². The molecule has 0 spiro atoms. The number of Topliss-reactive ketones (excluding diaryl/α,β-unsaturated/α-hetero) is 1. The zero-order valence-electron chi connectivity index (χ0n) is 17.8. The number of aromatic nitrogens is 2. The number of likely N-dealkylation sites (tertiary alicyclic amines) is 1. The fraction of sp³-hybridized carbons (Fsp3) is 0.435. The third kappa shape index (κ3) is 6.04. The Labute approximate surface area is 188 Å². The maximum Gasteiger partial charge on any atom is 0.393 e. The number of carbonyl (C=O) groups excluding carboxylic acids is 1. The van der Waals surface area contributed by atoms with Crippen LogP contribution in [-0.2, 0) is 24.2 Å². The van der Waals surface area contributed by atoms with Gasteiger partial charge in [0.1, 0.15) is 22.8 Å². The number of nitrogens with zero attached hydrogens (tertiary/aromatic N) is 3. The van der Waals surface area contributed by atoms with Crippen LogP contribution in [0.25, 0.3) is 10.2 Å². The van der Waals surface area contributed by atoms with Gasteiger partial charge in [-0.15, -0.1) is 11.3 Å². The van der Waals surface area contributed by atoms with Gasteiger partial charge in [-0.05, 0) is 37.0 Å². The van der Waals surface area contributed by atoms with E-state index in [0.717, 1.165) is 49.4 Å². The van der Waals surface area contributed by atoms with Crippen LogP contribution in [0.15, 0.2) is 36.7 Å². The minimum absolute atomic E-state index is 0.160. The molecule has 9 heteroatoms. The highest BCUT2D eigenvalue weighted by atomic mass is 32.1. The molecule has 0 atom stereocenters. The van der Waals surface area contributed by atoms with E-state index in [9.17, 15) is 18.0 Å². The molecule has 0 unspecified atom stereocenters. The van der Waals surface area contributed by atoms with Crippen molar-refractivity contribution in [3.8, 4) is 0 Å². The van der Waals surface area contributed by atoms with Gasteiger partial charge in [0, 0.05) is 37.0 Å². The number of hydrogen-bond donors (Lipinski definition) is 1. The molecule has 4 rings (SSSR count). The van der Waals surface area contributed by atoms with Crippen LogP contribution < -0.4 is 5.32 Å². The first-order chi connectivity index (χ1) is 15.2. The highest BCUT2D eigenvalue weighted by Gasteiger charge is 2.29. The first kappa shape index (κ1) is 22.7. The second-order valence-corrected chi connectivity index (χ2v) is 9.45. The lowest BCUT2D eigenvalue weighted by Gasteiger charge is -2.32. The van der Waals surface area contributed by atoms with Crippen molar-refractivity contribution in [2.45, 2.75) is 51.4 Å². The number of piperidine rings is 1. The number of halogens is 3. The first-order valence-electron chi connectivity index (χ1n) is 10.6.